The van der Waals surface area contributed by atoms with E-state index in [9.17, 15) is 4.79 Å². The molecular formula is C17H25NO2. The highest BCUT2D eigenvalue weighted by molar-refractivity contribution is 5.67. The summed E-state index contributed by atoms with van der Waals surface area (Å²) in [6, 6.07) is 10.7. The van der Waals surface area contributed by atoms with Gasteiger partial charge in [0.15, 0.2) is 0 Å². The summed E-state index contributed by atoms with van der Waals surface area (Å²) in [7, 11) is 0. The third-order valence-electron chi connectivity index (χ3n) is 4.67. The Labute approximate surface area is 121 Å². The minimum Gasteiger partial charge on any atom is -0.481 e. The minimum absolute atomic E-state index is 0.204. The summed E-state index contributed by atoms with van der Waals surface area (Å²) in [4.78, 5) is 13.2. The third-order valence-corrected chi connectivity index (χ3v) is 4.67. The Morgan fingerprint density at radius 1 is 1.20 bits per heavy atom. The van der Waals surface area contributed by atoms with Crippen LogP contribution in [0.4, 0.5) is 5.69 Å². The van der Waals surface area contributed by atoms with Gasteiger partial charge in [-0.1, -0.05) is 32.0 Å². The van der Waals surface area contributed by atoms with Gasteiger partial charge in [-0.3, -0.25) is 4.79 Å². The van der Waals surface area contributed by atoms with Gasteiger partial charge in [0.05, 0.1) is 6.42 Å². The molecule has 1 aliphatic carbocycles. The van der Waals surface area contributed by atoms with Crippen LogP contribution in [0.2, 0.25) is 0 Å². The van der Waals surface area contributed by atoms with Crippen molar-refractivity contribution in [2.75, 3.05) is 11.4 Å². The average Bonchev–Trinajstić information content (AvgIpc) is 2.44. The number of carboxylic acid groups (broad SMARTS) is 1. The van der Waals surface area contributed by atoms with Crippen LogP contribution in [-0.4, -0.2) is 23.7 Å². The number of rotatable bonds is 5. The van der Waals surface area contributed by atoms with Crippen LogP contribution >= 0.6 is 0 Å². The number of carbonyl (C=O) groups is 1. The van der Waals surface area contributed by atoms with E-state index in [1.54, 1.807) is 0 Å². The molecule has 1 fully saturated rings. The van der Waals surface area contributed by atoms with Crippen LogP contribution in [-0.2, 0) is 4.79 Å². The van der Waals surface area contributed by atoms with Gasteiger partial charge >= 0.3 is 5.97 Å². The maximum Gasteiger partial charge on any atom is 0.305 e. The fourth-order valence-corrected chi connectivity index (χ4v) is 3.16. The summed E-state index contributed by atoms with van der Waals surface area (Å²) in [5, 5.41) is 8.98. The van der Waals surface area contributed by atoms with E-state index in [0.29, 0.717) is 18.5 Å². The lowest BCUT2D eigenvalue weighted by Gasteiger charge is -2.40. The molecule has 1 saturated carbocycles. The number of aliphatic carboxylic acids is 1. The molecule has 0 heterocycles. The van der Waals surface area contributed by atoms with E-state index in [1.807, 2.05) is 18.2 Å². The number of para-hydroxylation sites is 1. The van der Waals surface area contributed by atoms with E-state index in [-0.39, 0.29) is 6.42 Å². The molecule has 0 bridgehead atoms. The normalized spacial score (nSPS) is 26.2. The van der Waals surface area contributed by atoms with Gasteiger partial charge in [-0.2, -0.15) is 0 Å². The molecule has 1 aliphatic rings. The van der Waals surface area contributed by atoms with Crippen molar-refractivity contribution in [3.8, 4) is 0 Å². The molecule has 0 amide bonds. The minimum atomic E-state index is -0.719. The lowest BCUT2D eigenvalue weighted by Crippen LogP contribution is -2.41. The molecule has 3 nitrogen and oxygen atoms in total. The largest absolute Gasteiger partial charge is 0.481 e. The van der Waals surface area contributed by atoms with Crippen molar-refractivity contribution in [3.05, 3.63) is 30.3 Å². The van der Waals surface area contributed by atoms with Crippen LogP contribution in [0.5, 0.6) is 0 Å². The van der Waals surface area contributed by atoms with Crippen molar-refractivity contribution in [1.82, 2.24) is 0 Å². The predicted molar refractivity (Wildman–Crippen MR) is 82.0 cm³/mol. The van der Waals surface area contributed by atoms with E-state index < -0.39 is 5.97 Å². The SMILES string of the molecule is CC1CCC(N(CCC(=O)O)c2ccccc2)CC1C. The number of hydrogen-bond acceptors (Lipinski definition) is 2. The zero-order valence-electron chi connectivity index (χ0n) is 12.5. The second kappa shape index (κ2) is 6.78. The molecule has 3 unspecified atom stereocenters. The molecule has 110 valence electrons. The molecule has 0 spiro atoms. The molecule has 0 aliphatic heterocycles. The molecule has 1 N–H and O–H groups in total. The first-order valence-corrected chi connectivity index (χ1v) is 7.61. The molecule has 1 aromatic carbocycles. The van der Waals surface area contributed by atoms with Crippen molar-refractivity contribution in [2.24, 2.45) is 11.8 Å². The fourth-order valence-electron chi connectivity index (χ4n) is 3.16. The maximum atomic E-state index is 10.9. The number of anilines is 1. The molecule has 2 rings (SSSR count). The number of nitrogens with zero attached hydrogens (tertiary/aromatic N) is 1. The van der Waals surface area contributed by atoms with Crippen LogP contribution in [0.25, 0.3) is 0 Å². The Balaban J connectivity index is 2.12. The summed E-state index contributed by atoms with van der Waals surface area (Å²) in [5.41, 5.74) is 1.15. The Hall–Kier alpha value is -1.51. The first kappa shape index (κ1) is 14.9. The molecular weight excluding hydrogens is 250 g/mol. The molecule has 1 aromatic rings. The Morgan fingerprint density at radius 3 is 2.50 bits per heavy atom. The Bertz CT molecular complexity index is 432. The highest BCUT2D eigenvalue weighted by Crippen LogP contribution is 2.34. The van der Waals surface area contributed by atoms with Gasteiger partial charge in [-0.05, 0) is 43.2 Å². The topological polar surface area (TPSA) is 40.5 Å². The lowest BCUT2D eigenvalue weighted by atomic mass is 9.78. The molecule has 0 radical (unpaired) electrons. The molecule has 20 heavy (non-hydrogen) atoms. The highest BCUT2D eigenvalue weighted by atomic mass is 16.4. The Kier molecular flexibility index (Phi) is 5.05. The standard InChI is InChI=1S/C17H25NO2/c1-13-8-9-16(12-14(13)2)18(11-10-17(19)20)15-6-4-3-5-7-15/h3-7,13-14,16H,8-12H2,1-2H3,(H,19,20). The van der Waals surface area contributed by atoms with Gasteiger partial charge in [0.1, 0.15) is 0 Å². The van der Waals surface area contributed by atoms with Crippen LogP contribution in [0, 0.1) is 11.8 Å². The van der Waals surface area contributed by atoms with Crippen LogP contribution in [0.15, 0.2) is 30.3 Å². The van der Waals surface area contributed by atoms with Crippen molar-refractivity contribution in [2.45, 2.75) is 45.6 Å². The summed E-state index contributed by atoms with van der Waals surface area (Å²) in [6.07, 6.45) is 3.77. The zero-order chi connectivity index (χ0) is 14.5. The van der Waals surface area contributed by atoms with Gasteiger partial charge in [0.25, 0.3) is 0 Å². The quantitative estimate of drug-likeness (QED) is 0.888. The second-order valence-electron chi connectivity index (χ2n) is 6.09. The summed E-state index contributed by atoms with van der Waals surface area (Å²) < 4.78 is 0. The van der Waals surface area contributed by atoms with Crippen LogP contribution in [0.1, 0.15) is 39.5 Å². The van der Waals surface area contributed by atoms with E-state index in [1.165, 1.54) is 12.8 Å². The van der Waals surface area contributed by atoms with Crippen molar-refractivity contribution in [3.63, 3.8) is 0 Å². The lowest BCUT2D eigenvalue weighted by molar-refractivity contribution is -0.136. The van der Waals surface area contributed by atoms with Gasteiger partial charge < -0.3 is 10.0 Å². The fraction of sp³-hybridized carbons (Fsp3) is 0.588. The zero-order valence-corrected chi connectivity index (χ0v) is 12.5. The highest BCUT2D eigenvalue weighted by Gasteiger charge is 2.28. The number of benzene rings is 1. The van der Waals surface area contributed by atoms with Gasteiger partial charge in [-0.25, -0.2) is 0 Å². The van der Waals surface area contributed by atoms with Crippen molar-refractivity contribution in [1.29, 1.82) is 0 Å². The van der Waals surface area contributed by atoms with E-state index >= 15 is 0 Å². The van der Waals surface area contributed by atoms with E-state index in [0.717, 1.165) is 18.0 Å². The van der Waals surface area contributed by atoms with Gasteiger partial charge in [0, 0.05) is 18.3 Å². The van der Waals surface area contributed by atoms with Crippen molar-refractivity contribution < 1.29 is 9.90 Å². The monoisotopic (exact) mass is 275 g/mol. The van der Waals surface area contributed by atoms with Crippen molar-refractivity contribution >= 4 is 11.7 Å². The summed E-state index contributed by atoms with van der Waals surface area (Å²) in [6.45, 7) is 5.24. The molecule has 0 saturated heterocycles. The maximum absolute atomic E-state index is 10.9. The first-order valence-electron chi connectivity index (χ1n) is 7.61. The smallest absolute Gasteiger partial charge is 0.305 e. The molecule has 0 aromatic heterocycles. The average molecular weight is 275 g/mol. The number of hydrogen-bond donors (Lipinski definition) is 1. The van der Waals surface area contributed by atoms with Crippen LogP contribution in [0.3, 0.4) is 0 Å². The second-order valence-corrected chi connectivity index (χ2v) is 6.09. The molecule has 3 atom stereocenters. The van der Waals surface area contributed by atoms with Gasteiger partial charge in [0.2, 0.25) is 0 Å². The van der Waals surface area contributed by atoms with Crippen LogP contribution < -0.4 is 4.90 Å². The Morgan fingerprint density at radius 2 is 1.90 bits per heavy atom. The predicted octanol–water partition coefficient (Wildman–Crippen LogP) is 3.79. The summed E-state index contributed by atoms with van der Waals surface area (Å²) >= 11 is 0. The van der Waals surface area contributed by atoms with E-state index in [2.05, 4.69) is 30.9 Å². The summed E-state index contributed by atoms with van der Waals surface area (Å²) in [5.74, 6) is 0.774. The third kappa shape index (κ3) is 3.75. The van der Waals surface area contributed by atoms with Gasteiger partial charge in [-0.15, -0.1) is 0 Å². The van der Waals surface area contributed by atoms with E-state index in [4.69, 9.17) is 5.11 Å². The first-order chi connectivity index (χ1) is 9.58. The number of carboxylic acids is 1. The molecule has 3 heteroatoms.